The molecule has 0 saturated carbocycles. The first-order valence-corrected chi connectivity index (χ1v) is 5.47. The van der Waals surface area contributed by atoms with Crippen LogP contribution in [0.15, 0.2) is 24.3 Å². The zero-order valence-corrected chi connectivity index (χ0v) is 9.35. The quantitative estimate of drug-likeness (QED) is 0.750. The molecule has 0 aromatic heterocycles. The van der Waals surface area contributed by atoms with E-state index in [9.17, 15) is 9.59 Å². The Kier molecular flexibility index (Phi) is 4.70. The third-order valence-electron chi connectivity index (χ3n) is 2.62. The topological polar surface area (TPSA) is 54.4 Å². The maximum atomic E-state index is 11.1. The van der Waals surface area contributed by atoms with Gasteiger partial charge < -0.3 is 5.11 Å². The van der Waals surface area contributed by atoms with Gasteiger partial charge in [-0.25, -0.2) is 0 Å². The second kappa shape index (κ2) is 6.05. The molecule has 0 aliphatic rings. The molecule has 1 aromatic carbocycles. The Hall–Kier alpha value is -1.64. The molecule has 86 valence electrons. The van der Waals surface area contributed by atoms with Gasteiger partial charge in [-0.1, -0.05) is 44.0 Å². The van der Waals surface area contributed by atoms with E-state index in [1.807, 2.05) is 6.92 Å². The number of carboxylic acids is 1. The molecule has 0 aliphatic carbocycles. The number of carbonyl (C=O) groups is 2. The molecule has 0 radical (unpaired) electrons. The van der Waals surface area contributed by atoms with Crippen LogP contribution in [0.2, 0.25) is 0 Å². The highest BCUT2D eigenvalue weighted by atomic mass is 16.4. The van der Waals surface area contributed by atoms with E-state index in [0.717, 1.165) is 24.7 Å². The fourth-order valence-electron chi connectivity index (χ4n) is 1.65. The first-order chi connectivity index (χ1) is 7.69. The molecule has 0 aliphatic heterocycles. The molecular weight excluding hydrogens is 204 g/mol. The standard InChI is InChI=1S/C13H16O3/c1-2-3-4-12(13(15)16)11-7-5-10(9-14)6-8-11/h5-9,12H,2-4H2,1H3,(H,15,16). The summed E-state index contributed by atoms with van der Waals surface area (Å²) in [6.07, 6.45) is 3.28. The lowest BCUT2D eigenvalue weighted by Crippen LogP contribution is -2.11. The Morgan fingerprint density at radius 1 is 1.38 bits per heavy atom. The summed E-state index contributed by atoms with van der Waals surface area (Å²) in [7, 11) is 0. The molecule has 1 aromatic rings. The van der Waals surface area contributed by atoms with Crippen LogP contribution in [0.4, 0.5) is 0 Å². The van der Waals surface area contributed by atoms with Crippen molar-refractivity contribution in [2.45, 2.75) is 32.1 Å². The molecule has 0 saturated heterocycles. The van der Waals surface area contributed by atoms with E-state index >= 15 is 0 Å². The van der Waals surface area contributed by atoms with Crippen molar-refractivity contribution in [2.75, 3.05) is 0 Å². The zero-order chi connectivity index (χ0) is 12.0. The minimum absolute atomic E-state index is 0.458. The molecule has 3 nitrogen and oxygen atoms in total. The van der Waals surface area contributed by atoms with Crippen LogP contribution in [0.1, 0.15) is 48.0 Å². The number of aliphatic carboxylic acids is 1. The Morgan fingerprint density at radius 2 is 2.00 bits per heavy atom. The van der Waals surface area contributed by atoms with Crippen LogP contribution in [0, 0.1) is 0 Å². The van der Waals surface area contributed by atoms with E-state index < -0.39 is 11.9 Å². The lowest BCUT2D eigenvalue weighted by atomic mass is 9.93. The Morgan fingerprint density at radius 3 is 2.44 bits per heavy atom. The van der Waals surface area contributed by atoms with Gasteiger partial charge in [-0.05, 0) is 12.0 Å². The van der Waals surface area contributed by atoms with Crippen molar-refractivity contribution in [3.05, 3.63) is 35.4 Å². The average Bonchev–Trinajstić information content (AvgIpc) is 2.30. The molecule has 1 N–H and O–H groups in total. The fourth-order valence-corrected chi connectivity index (χ4v) is 1.65. The van der Waals surface area contributed by atoms with Crippen LogP contribution in [-0.2, 0) is 4.79 Å². The van der Waals surface area contributed by atoms with Gasteiger partial charge in [-0.15, -0.1) is 0 Å². The van der Waals surface area contributed by atoms with Gasteiger partial charge in [0.05, 0.1) is 5.92 Å². The van der Waals surface area contributed by atoms with Crippen LogP contribution in [0.3, 0.4) is 0 Å². The summed E-state index contributed by atoms with van der Waals surface area (Å²) in [4.78, 5) is 21.6. The SMILES string of the molecule is CCCCC(C(=O)O)c1ccc(C=O)cc1. The molecule has 0 amide bonds. The van der Waals surface area contributed by atoms with E-state index in [0.29, 0.717) is 12.0 Å². The van der Waals surface area contributed by atoms with Crippen molar-refractivity contribution in [2.24, 2.45) is 0 Å². The maximum absolute atomic E-state index is 11.1. The first kappa shape index (κ1) is 12.4. The summed E-state index contributed by atoms with van der Waals surface area (Å²) in [5.74, 6) is -1.26. The van der Waals surface area contributed by atoms with Crippen molar-refractivity contribution in [1.82, 2.24) is 0 Å². The number of unbranched alkanes of at least 4 members (excludes halogenated alkanes) is 1. The third-order valence-corrected chi connectivity index (χ3v) is 2.62. The summed E-state index contributed by atoms with van der Waals surface area (Å²) in [5, 5.41) is 9.11. The van der Waals surface area contributed by atoms with Gasteiger partial charge >= 0.3 is 5.97 Å². The summed E-state index contributed by atoms with van der Waals surface area (Å²) in [6.45, 7) is 2.04. The lowest BCUT2D eigenvalue weighted by Gasteiger charge is -2.12. The van der Waals surface area contributed by atoms with Crippen molar-refractivity contribution < 1.29 is 14.7 Å². The van der Waals surface area contributed by atoms with Gasteiger partial charge in [0.2, 0.25) is 0 Å². The normalized spacial score (nSPS) is 12.1. The molecule has 0 spiro atoms. The summed E-state index contributed by atoms with van der Waals surface area (Å²) < 4.78 is 0. The zero-order valence-electron chi connectivity index (χ0n) is 9.35. The van der Waals surface area contributed by atoms with E-state index in [2.05, 4.69) is 0 Å². The van der Waals surface area contributed by atoms with E-state index in [1.54, 1.807) is 24.3 Å². The highest BCUT2D eigenvalue weighted by molar-refractivity contribution is 5.78. The molecule has 0 fully saturated rings. The summed E-state index contributed by atoms with van der Waals surface area (Å²) in [5.41, 5.74) is 1.34. The average molecular weight is 220 g/mol. The molecular formula is C13H16O3. The number of carboxylic acid groups (broad SMARTS) is 1. The van der Waals surface area contributed by atoms with Gasteiger partial charge in [0, 0.05) is 5.56 Å². The van der Waals surface area contributed by atoms with Gasteiger partial charge in [0.15, 0.2) is 0 Å². The number of benzene rings is 1. The number of aldehydes is 1. The number of hydrogen-bond acceptors (Lipinski definition) is 2. The monoisotopic (exact) mass is 220 g/mol. The molecule has 0 bridgehead atoms. The molecule has 16 heavy (non-hydrogen) atoms. The lowest BCUT2D eigenvalue weighted by molar-refractivity contribution is -0.139. The van der Waals surface area contributed by atoms with E-state index in [4.69, 9.17) is 5.11 Å². The molecule has 3 heteroatoms. The van der Waals surface area contributed by atoms with Gasteiger partial charge in [-0.3, -0.25) is 9.59 Å². The van der Waals surface area contributed by atoms with Crippen LogP contribution < -0.4 is 0 Å². The van der Waals surface area contributed by atoms with Crippen LogP contribution >= 0.6 is 0 Å². The van der Waals surface area contributed by atoms with E-state index in [-0.39, 0.29) is 0 Å². The highest BCUT2D eigenvalue weighted by Crippen LogP contribution is 2.22. The van der Waals surface area contributed by atoms with Crippen LogP contribution in [0.25, 0.3) is 0 Å². The van der Waals surface area contributed by atoms with Gasteiger partial charge in [0.25, 0.3) is 0 Å². The van der Waals surface area contributed by atoms with Crippen molar-refractivity contribution in [3.63, 3.8) is 0 Å². The largest absolute Gasteiger partial charge is 0.481 e. The Balaban J connectivity index is 2.83. The summed E-state index contributed by atoms with van der Waals surface area (Å²) >= 11 is 0. The number of hydrogen-bond donors (Lipinski definition) is 1. The maximum Gasteiger partial charge on any atom is 0.310 e. The van der Waals surface area contributed by atoms with Crippen LogP contribution in [-0.4, -0.2) is 17.4 Å². The van der Waals surface area contributed by atoms with Crippen LogP contribution in [0.5, 0.6) is 0 Å². The van der Waals surface area contributed by atoms with Crippen molar-refractivity contribution >= 4 is 12.3 Å². The first-order valence-electron chi connectivity index (χ1n) is 5.47. The predicted octanol–water partition coefficient (Wildman–Crippen LogP) is 2.86. The second-order valence-corrected chi connectivity index (χ2v) is 3.82. The summed E-state index contributed by atoms with van der Waals surface area (Å²) in [6, 6.07) is 6.75. The fraction of sp³-hybridized carbons (Fsp3) is 0.385. The van der Waals surface area contributed by atoms with Gasteiger partial charge in [-0.2, -0.15) is 0 Å². The number of rotatable bonds is 6. The Labute approximate surface area is 95.1 Å². The molecule has 1 rings (SSSR count). The third kappa shape index (κ3) is 3.19. The molecule has 0 heterocycles. The highest BCUT2D eigenvalue weighted by Gasteiger charge is 2.18. The minimum Gasteiger partial charge on any atom is -0.481 e. The Bertz CT molecular complexity index is 354. The van der Waals surface area contributed by atoms with Crippen molar-refractivity contribution in [1.29, 1.82) is 0 Å². The predicted molar refractivity (Wildman–Crippen MR) is 61.7 cm³/mol. The second-order valence-electron chi connectivity index (χ2n) is 3.82. The van der Waals surface area contributed by atoms with Gasteiger partial charge in [0.1, 0.15) is 6.29 Å². The van der Waals surface area contributed by atoms with Crippen molar-refractivity contribution in [3.8, 4) is 0 Å². The minimum atomic E-state index is -0.799. The smallest absolute Gasteiger partial charge is 0.310 e. The number of carbonyl (C=O) groups excluding carboxylic acids is 1. The molecule has 1 unspecified atom stereocenters. The van der Waals surface area contributed by atoms with E-state index in [1.165, 1.54) is 0 Å². The molecule has 1 atom stereocenters.